The average molecular weight is 254 g/mol. The van der Waals surface area contributed by atoms with Crippen LogP contribution < -0.4 is 5.73 Å². The Morgan fingerprint density at radius 2 is 1.95 bits per heavy atom. The molecule has 0 radical (unpaired) electrons. The van der Waals surface area contributed by atoms with Gasteiger partial charge in [-0.2, -0.15) is 0 Å². The summed E-state index contributed by atoms with van der Waals surface area (Å²) in [6.07, 6.45) is 0. The molecule has 96 valence electrons. The van der Waals surface area contributed by atoms with E-state index in [-0.39, 0.29) is 5.75 Å². The number of hydrogen-bond donors (Lipinski definition) is 2. The van der Waals surface area contributed by atoms with E-state index in [0.717, 1.165) is 11.1 Å². The lowest BCUT2D eigenvalue weighted by molar-refractivity contribution is 0.470. The van der Waals surface area contributed by atoms with Gasteiger partial charge in [-0.05, 0) is 49.2 Å². The molecule has 1 aromatic heterocycles. The molecule has 0 unspecified atom stereocenters. The Bertz CT molecular complexity index is 775. The molecule has 0 aliphatic rings. The van der Waals surface area contributed by atoms with Gasteiger partial charge in [0.1, 0.15) is 11.3 Å². The Morgan fingerprint density at radius 3 is 2.74 bits per heavy atom. The van der Waals surface area contributed by atoms with Crippen LogP contribution >= 0.6 is 0 Å². The van der Waals surface area contributed by atoms with Gasteiger partial charge in [0.25, 0.3) is 0 Å². The first kappa shape index (κ1) is 11.6. The highest BCUT2D eigenvalue weighted by atomic mass is 16.3. The predicted octanol–water partition coefficient (Wildman–Crippen LogP) is 3.40. The molecule has 3 aromatic rings. The smallest absolute Gasteiger partial charge is 0.231 e. The number of phenolic OH excluding ortho intramolecular Hbond substituents is 1. The van der Waals surface area contributed by atoms with E-state index >= 15 is 0 Å². The minimum atomic E-state index is 0.150. The van der Waals surface area contributed by atoms with E-state index in [1.54, 1.807) is 19.1 Å². The number of nitrogens with two attached hydrogens (primary N) is 1. The number of aromatic hydroxyl groups is 1. The summed E-state index contributed by atoms with van der Waals surface area (Å²) in [5, 5.41) is 10.1. The van der Waals surface area contributed by atoms with Crippen molar-refractivity contribution in [2.45, 2.75) is 13.8 Å². The van der Waals surface area contributed by atoms with Crippen molar-refractivity contribution in [3.8, 4) is 17.2 Å². The lowest BCUT2D eigenvalue weighted by Gasteiger charge is -2.05. The first-order valence-electron chi connectivity index (χ1n) is 6.01. The van der Waals surface area contributed by atoms with Crippen LogP contribution in [0.3, 0.4) is 0 Å². The van der Waals surface area contributed by atoms with E-state index in [2.05, 4.69) is 4.98 Å². The second kappa shape index (κ2) is 4.02. The second-order valence-electron chi connectivity index (χ2n) is 4.72. The summed E-state index contributed by atoms with van der Waals surface area (Å²) in [6.45, 7) is 3.79. The van der Waals surface area contributed by atoms with Gasteiger partial charge in [-0.1, -0.05) is 6.07 Å². The maximum atomic E-state index is 10.1. The lowest BCUT2D eigenvalue weighted by Crippen LogP contribution is -1.89. The van der Waals surface area contributed by atoms with Crippen LogP contribution in [0.25, 0.3) is 22.6 Å². The van der Waals surface area contributed by atoms with Crippen molar-refractivity contribution >= 4 is 16.8 Å². The molecule has 3 N–H and O–H groups in total. The third-order valence-corrected chi connectivity index (χ3v) is 3.10. The van der Waals surface area contributed by atoms with Crippen molar-refractivity contribution in [3.05, 3.63) is 41.5 Å². The summed E-state index contributed by atoms with van der Waals surface area (Å²) in [4.78, 5) is 4.40. The first-order chi connectivity index (χ1) is 9.04. The molecule has 1 heterocycles. The van der Waals surface area contributed by atoms with E-state index in [1.807, 2.05) is 25.1 Å². The highest BCUT2D eigenvalue weighted by Crippen LogP contribution is 2.35. The van der Waals surface area contributed by atoms with Crippen LogP contribution in [-0.4, -0.2) is 10.1 Å². The Morgan fingerprint density at radius 1 is 1.16 bits per heavy atom. The van der Waals surface area contributed by atoms with Crippen LogP contribution in [0.15, 0.2) is 34.7 Å². The fourth-order valence-electron chi connectivity index (χ4n) is 2.12. The number of hydrogen-bond acceptors (Lipinski definition) is 4. The van der Waals surface area contributed by atoms with E-state index in [0.29, 0.717) is 28.3 Å². The van der Waals surface area contributed by atoms with Crippen molar-refractivity contribution < 1.29 is 9.52 Å². The maximum Gasteiger partial charge on any atom is 0.231 e. The molecule has 0 atom stereocenters. The molecular formula is C15H14N2O2. The maximum absolute atomic E-state index is 10.1. The van der Waals surface area contributed by atoms with Crippen molar-refractivity contribution in [2.24, 2.45) is 0 Å². The fourth-order valence-corrected chi connectivity index (χ4v) is 2.12. The average Bonchev–Trinajstić information content (AvgIpc) is 2.76. The van der Waals surface area contributed by atoms with Gasteiger partial charge in [0.05, 0.1) is 5.56 Å². The van der Waals surface area contributed by atoms with Crippen LogP contribution in [-0.2, 0) is 0 Å². The summed E-state index contributed by atoms with van der Waals surface area (Å²) in [5.41, 5.74) is 10.2. The van der Waals surface area contributed by atoms with E-state index in [1.165, 1.54) is 0 Å². The summed E-state index contributed by atoms with van der Waals surface area (Å²) in [7, 11) is 0. The number of aromatic nitrogens is 1. The standard InChI is InChI=1S/C15H14N2O2/c1-8-3-4-13-12(5-8)17-15(19-13)11-7-10(16)6-9(2)14(11)18/h3-7,18H,16H2,1-2H3. The van der Waals surface area contributed by atoms with Gasteiger partial charge in [0.15, 0.2) is 5.58 Å². The lowest BCUT2D eigenvalue weighted by atomic mass is 10.1. The van der Waals surface area contributed by atoms with Gasteiger partial charge < -0.3 is 15.3 Å². The number of rotatable bonds is 1. The molecule has 0 bridgehead atoms. The molecule has 0 saturated carbocycles. The summed E-state index contributed by atoms with van der Waals surface area (Å²) >= 11 is 0. The van der Waals surface area contributed by atoms with Gasteiger partial charge in [-0.25, -0.2) is 4.98 Å². The molecule has 0 saturated heterocycles. The number of phenols is 1. The predicted molar refractivity (Wildman–Crippen MR) is 75.0 cm³/mol. The number of aryl methyl sites for hydroxylation is 2. The fraction of sp³-hybridized carbons (Fsp3) is 0.133. The van der Waals surface area contributed by atoms with Crippen molar-refractivity contribution in [1.82, 2.24) is 4.98 Å². The normalized spacial score (nSPS) is 11.1. The van der Waals surface area contributed by atoms with Crippen molar-refractivity contribution in [1.29, 1.82) is 0 Å². The zero-order chi connectivity index (χ0) is 13.6. The van der Waals surface area contributed by atoms with Gasteiger partial charge in [0.2, 0.25) is 5.89 Å². The van der Waals surface area contributed by atoms with Gasteiger partial charge in [-0.15, -0.1) is 0 Å². The minimum Gasteiger partial charge on any atom is -0.507 e. The largest absolute Gasteiger partial charge is 0.507 e. The van der Waals surface area contributed by atoms with E-state index in [4.69, 9.17) is 10.2 Å². The van der Waals surface area contributed by atoms with Crippen LogP contribution in [0.1, 0.15) is 11.1 Å². The van der Waals surface area contributed by atoms with Crippen molar-refractivity contribution in [3.63, 3.8) is 0 Å². The molecule has 0 aliphatic carbocycles. The Hall–Kier alpha value is -2.49. The molecule has 19 heavy (non-hydrogen) atoms. The number of anilines is 1. The van der Waals surface area contributed by atoms with E-state index < -0.39 is 0 Å². The molecule has 4 heteroatoms. The number of nitrogens with zero attached hydrogens (tertiary/aromatic N) is 1. The molecular weight excluding hydrogens is 240 g/mol. The Kier molecular flexibility index (Phi) is 2.45. The zero-order valence-corrected chi connectivity index (χ0v) is 10.8. The first-order valence-corrected chi connectivity index (χ1v) is 6.01. The topological polar surface area (TPSA) is 72.3 Å². The zero-order valence-electron chi connectivity index (χ0n) is 10.8. The summed E-state index contributed by atoms with van der Waals surface area (Å²) in [5.74, 6) is 0.533. The molecule has 0 aliphatic heterocycles. The monoisotopic (exact) mass is 254 g/mol. The van der Waals surface area contributed by atoms with Gasteiger partial charge in [-0.3, -0.25) is 0 Å². The quantitative estimate of drug-likeness (QED) is 0.515. The molecule has 2 aromatic carbocycles. The molecule has 4 nitrogen and oxygen atoms in total. The highest BCUT2D eigenvalue weighted by molar-refractivity contribution is 5.79. The molecule has 3 rings (SSSR count). The number of fused-ring (bicyclic) bond motifs is 1. The van der Waals surface area contributed by atoms with Crippen LogP contribution in [0.5, 0.6) is 5.75 Å². The molecule has 0 spiro atoms. The van der Waals surface area contributed by atoms with Crippen LogP contribution in [0.2, 0.25) is 0 Å². The van der Waals surface area contributed by atoms with E-state index in [9.17, 15) is 5.11 Å². The number of nitrogen functional groups attached to an aromatic ring is 1. The Labute approximate surface area is 110 Å². The highest BCUT2D eigenvalue weighted by Gasteiger charge is 2.14. The third kappa shape index (κ3) is 1.91. The summed E-state index contributed by atoms with van der Waals surface area (Å²) in [6, 6.07) is 9.16. The van der Waals surface area contributed by atoms with Crippen LogP contribution in [0, 0.1) is 13.8 Å². The number of oxazole rings is 1. The van der Waals surface area contributed by atoms with Crippen LogP contribution in [0.4, 0.5) is 5.69 Å². The number of benzene rings is 2. The SMILES string of the molecule is Cc1ccc2oc(-c3cc(N)cc(C)c3O)nc2c1. The molecule has 0 fully saturated rings. The van der Waals surface area contributed by atoms with Gasteiger partial charge >= 0.3 is 0 Å². The Balaban J connectivity index is 2.24. The minimum absolute atomic E-state index is 0.150. The van der Waals surface area contributed by atoms with Gasteiger partial charge in [0, 0.05) is 5.69 Å². The third-order valence-electron chi connectivity index (χ3n) is 3.10. The second-order valence-corrected chi connectivity index (χ2v) is 4.72. The molecule has 0 amide bonds. The van der Waals surface area contributed by atoms with Crippen molar-refractivity contribution in [2.75, 3.05) is 5.73 Å². The summed E-state index contributed by atoms with van der Waals surface area (Å²) < 4.78 is 5.67.